The van der Waals surface area contributed by atoms with Gasteiger partial charge in [-0.05, 0) is 38.2 Å². The van der Waals surface area contributed by atoms with Crippen LogP contribution >= 0.6 is 0 Å². The molecule has 0 aliphatic heterocycles. The Morgan fingerprint density at radius 3 is 2.70 bits per heavy atom. The molecule has 0 fully saturated rings. The van der Waals surface area contributed by atoms with E-state index >= 15 is 0 Å². The maximum Gasteiger partial charge on any atom is 0.273 e. The highest BCUT2D eigenvalue weighted by molar-refractivity contribution is 7.89. The maximum atomic E-state index is 11.5. The molecular weight excluding hydrogens is 280 g/mol. The Labute approximate surface area is 118 Å². The standard InChI is InChI=1S/C13H18N2O4S/c1-10(8-11-4-3-7-18-11)15-9-12-5-6-13(19-12)20(16,17)14-2/h3-7,10,14-15H,8-9H2,1-2H3. The van der Waals surface area contributed by atoms with Crippen LogP contribution < -0.4 is 10.0 Å². The summed E-state index contributed by atoms with van der Waals surface area (Å²) in [6.45, 7) is 2.48. The van der Waals surface area contributed by atoms with Gasteiger partial charge in [0.05, 0.1) is 12.8 Å². The van der Waals surface area contributed by atoms with Crippen molar-refractivity contribution in [2.45, 2.75) is 31.0 Å². The van der Waals surface area contributed by atoms with Crippen LogP contribution in [0.4, 0.5) is 0 Å². The molecule has 0 aromatic carbocycles. The molecule has 0 radical (unpaired) electrons. The van der Waals surface area contributed by atoms with E-state index in [4.69, 9.17) is 8.83 Å². The zero-order valence-electron chi connectivity index (χ0n) is 11.4. The van der Waals surface area contributed by atoms with Gasteiger partial charge >= 0.3 is 0 Å². The van der Waals surface area contributed by atoms with Gasteiger partial charge < -0.3 is 14.2 Å². The van der Waals surface area contributed by atoms with Gasteiger partial charge in [-0.2, -0.15) is 0 Å². The smallest absolute Gasteiger partial charge is 0.273 e. The molecule has 110 valence electrons. The summed E-state index contributed by atoms with van der Waals surface area (Å²) in [5.41, 5.74) is 0. The quantitative estimate of drug-likeness (QED) is 0.809. The molecule has 2 N–H and O–H groups in total. The van der Waals surface area contributed by atoms with Crippen molar-refractivity contribution in [3.05, 3.63) is 42.0 Å². The largest absolute Gasteiger partial charge is 0.469 e. The molecular formula is C13H18N2O4S. The molecule has 0 saturated heterocycles. The molecule has 6 nitrogen and oxygen atoms in total. The van der Waals surface area contributed by atoms with Crippen molar-refractivity contribution in [3.63, 3.8) is 0 Å². The average molecular weight is 298 g/mol. The maximum absolute atomic E-state index is 11.5. The highest BCUT2D eigenvalue weighted by Gasteiger charge is 2.16. The average Bonchev–Trinajstić information content (AvgIpc) is 3.07. The third-order valence-electron chi connectivity index (χ3n) is 2.88. The summed E-state index contributed by atoms with van der Waals surface area (Å²) in [6.07, 6.45) is 2.40. The Hall–Kier alpha value is -1.57. The molecule has 2 aromatic heterocycles. The van der Waals surface area contributed by atoms with Crippen LogP contribution in [0.15, 0.2) is 44.5 Å². The minimum atomic E-state index is -3.52. The van der Waals surface area contributed by atoms with Crippen molar-refractivity contribution in [1.82, 2.24) is 10.0 Å². The lowest BCUT2D eigenvalue weighted by Crippen LogP contribution is -2.27. The SMILES string of the molecule is CNS(=O)(=O)c1ccc(CNC(C)Cc2ccco2)o1. The van der Waals surface area contributed by atoms with Crippen LogP contribution in [0.3, 0.4) is 0 Å². The molecule has 2 heterocycles. The third kappa shape index (κ3) is 3.72. The monoisotopic (exact) mass is 298 g/mol. The predicted molar refractivity (Wildman–Crippen MR) is 73.7 cm³/mol. The van der Waals surface area contributed by atoms with Crippen LogP contribution in [0.2, 0.25) is 0 Å². The molecule has 2 rings (SSSR count). The Kier molecular flexibility index (Phi) is 4.64. The number of hydrogen-bond acceptors (Lipinski definition) is 5. The van der Waals surface area contributed by atoms with E-state index < -0.39 is 10.0 Å². The van der Waals surface area contributed by atoms with Gasteiger partial charge in [-0.1, -0.05) is 0 Å². The fourth-order valence-electron chi connectivity index (χ4n) is 1.78. The van der Waals surface area contributed by atoms with Gasteiger partial charge in [-0.25, -0.2) is 13.1 Å². The van der Waals surface area contributed by atoms with Gasteiger partial charge in [0, 0.05) is 12.5 Å². The second-order valence-corrected chi connectivity index (χ2v) is 6.31. The lowest BCUT2D eigenvalue weighted by Gasteiger charge is -2.10. The second-order valence-electron chi connectivity index (χ2n) is 4.49. The second kappa shape index (κ2) is 6.25. The lowest BCUT2D eigenvalue weighted by molar-refractivity contribution is 0.384. The predicted octanol–water partition coefficient (Wildman–Crippen LogP) is 1.50. The van der Waals surface area contributed by atoms with Gasteiger partial charge in [0.2, 0.25) is 5.09 Å². The summed E-state index contributed by atoms with van der Waals surface area (Å²) < 4.78 is 35.8. The van der Waals surface area contributed by atoms with Crippen molar-refractivity contribution in [1.29, 1.82) is 0 Å². The first kappa shape index (κ1) is 14.8. The van der Waals surface area contributed by atoms with E-state index in [0.29, 0.717) is 12.3 Å². The molecule has 20 heavy (non-hydrogen) atoms. The van der Waals surface area contributed by atoms with E-state index in [9.17, 15) is 8.42 Å². The molecule has 0 aliphatic rings. The zero-order chi connectivity index (χ0) is 14.6. The first-order valence-electron chi connectivity index (χ1n) is 6.29. The van der Waals surface area contributed by atoms with Gasteiger partial charge in [-0.15, -0.1) is 0 Å². The molecule has 2 aromatic rings. The summed E-state index contributed by atoms with van der Waals surface area (Å²) in [7, 11) is -2.17. The molecule has 1 atom stereocenters. The van der Waals surface area contributed by atoms with E-state index in [1.54, 1.807) is 12.3 Å². The lowest BCUT2D eigenvalue weighted by atomic mass is 10.2. The molecule has 0 aliphatic carbocycles. The van der Waals surface area contributed by atoms with E-state index in [2.05, 4.69) is 10.0 Å². The summed E-state index contributed by atoms with van der Waals surface area (Å²) in [5.74, 6) is 1.48. The van der Waals surface area contributed by atoms with Gasteiger partial charge in [0.1, 0.15) is 11.5 Å². The van der Waals surface area contributed by atoms with Crippen molar-refractivity contribution >= 4 is 10.0 Å². The Morgan fingerprint density at radius 2 is 2.05 bits per heavy atom. The number of furan rings is 2. The number of nitrogens with one attached hydrogen (secondary N) is 2. The van der Waals surface area contributed by atoms with Gasteiger partial charge in [-0.3, -0.25) is 0 Å². The molecule has 0 spiro atoms. The van der Waals surface area contributed by atoms with Gasteiger partial charge in [0.25, 0.3) is 10.0 Å². The van der Waals surface area contributed by atoms with Crippen LogP contribution in [0, 0.1) is 0 Å². The number of hydrogen-bond donors (Lipinski definition) is 2. The molecule has 0 saturated carbocycles. The van der Waals surface area contributed by atoms with Crippen LogP contribution in [0.1, 0.15) is 18.4 Å². The van der Waals surface area contributed by atoms with Crippen LogP contribution in [0.5, 0.6) is 0 Å². The normalized spacial score (nSPS) is 13.5. The minimum Gasteiger partial charge on any atom is -0.469 e. The fraction of sp³-hybridized carbons (Fsp3) is 0.385. The summed E-state index contributed by atoms with van der Waals surface area (Å²) in [6, 6.07) is 7.05. The molecule has 0 bridgehead atoms. The van der Waals surface area contributed by atoms with E-state index in [1.807, 2.05) is 19.1 Å². The Bertz CT molecular complexity index is 631. The van der Waals surface area contributed by atoms with Gasteiger partial charge in [0.15, 0.2) is 0 Å². The van der Waals surface area contributed by atoms with Crippen molar-refractivity contribution in [2.75, 3.05) is 7.05 Å². The van der Waals surface area contributed by atoms with Crippen molar-refractivity contribution in [2.24, 2.45) is 0 Å². The summed E-state index contributed by atoms with van der Waals surface area (Å²) >= 11 is 0. The number of rotatable bonds is 7. The van der Waals surface area contributed by atoms with E-state index in [1.165, 1.54) is 13.1 Å². The molecule has 7 heteroatoms. The fourth-order valence-corrected chi connectivity index (χ4v) is 2.44. The highest BCUT2D eigenvalue weighted by Crippen LogP contribution is 2.13. The summed E-state index contributed by atoms with van der Waals surface area (Å²) in [5, 5.41) is 3.18. The van der Waals surface area contributed by atoms with Crippen LogP contribution in [-0.2, 0) is 23.0 Å². The van der Waals surface area contributed by atoms with Crippen molar-refractivity contribution < 1.29 is 17.3 Å². The van der Waals surface area contributed by atoms with E-state index in [0.717, 1.165) is 12.2 Å². The molecule has 0 amide bonds. The van der Waals surface area contributed by atoms with Crippen LogP contribution in [-0.4, -0.2) is 21.5 Å². The Balaban J connectivity index is 1.88. The number of sulfonamides is 1. The zero-order valence-corrected chi connectivity index (χ0v) is 12.2. The topological polar surface area (TPSA) is 84.5 Å². The summed E-state index contributed by atoms with van der Waals surface area (Å²) in [4.78, 5) is 0. The first-order valence-corrected chi connectivity index (χ1v) is 7.77. The van der Waals surface area contributed by atoms with Crippen molar-refractivity contribution in [3.8, 4) is 0 Å². The first-order chi connectivity index (χ1) is 9.51. The minimum absolute atomic E-state index is 0.0736. The third-order valence-corrected chi connectivity index (χ3v) is 4.17. The van der Waals surface area contributed by atoms with E-state index in [-0.39, 0.29) is 11.1 Å². The highest BCUT2D eigenvalue weighted by atomic mass is 32.2. The Morgan fingerprint density at radius 1 is 1.25 bits per heavy atom. The molecule has 1 unspecified atom stereocenters. The van der Waals surface area contributed by atoms with Crippen LogP contribution in [0.25, 0.3) is 0 Å².